The molecule has 0 amide bonds. The summed E-state index contributed by atoms with van der Waals surface area (Å²) in [6.45, 7) is 5.72. The van der Waals surface area contributed by atoms with Crippen LogP contribution in [0.25, 0.3) is 0 Å². The van der Waals surface area contributed by atoms with Crippen molar-refractivity contribution < 1.29 is 30.0 Å². The predicted octanol–water partition coefficient (Wildman–Crippen LogP) is -3.34. The molecular formula is C14H34N3O5+. The zero-order valence-corrected chi connectivity index (χ0v) is 13.5. The van der Waals surface area contributed by atoms with E-state index in [2.05, 4.69) is 5.32 Å². The average molecular weight is 324 g/mol. The lowest BCUT2D eigenvalue weighted by Gasteiger charge is -2.39. The van der Waals surface area contributed by atoms with E-state index >= 15 is 0 Å². The monoisotopic (exact) mass is 324 g/mol. The summed E-state index contributed by atoms with van der Waals surface area (Å²) in [5, 5.41) is 48.7. The van der Waals surface area contributed by atoms with Crippen LogP contribution in [0.15, 0.2) is 0 Å². The average Bonchev–Trinajstić information content (AvgIpc) is 2.50. The van der Waals surface area contributed by atoms with Crippen molar-refractivity contribution in [1.29, 1.82) is 0 Å². The summed E-state index contributed by atoms with van der Waals surface area (Å²) < 4.78 is 0.568. The molecule has 22 heavy (non-hydrogen) atoms. The van der Waals surface area contributed by atoms with E-state index in [4.69, 9.17) is 15.3 Å². The Hall–Kier alpha value is -0.320. The summed E-state index contributed by atoms with van der Waals surface area (Å²) in [5.41, 5.74) is 0. The first-order valence-electron chi connectivity index (χ1n) is 8.00. The minimum atomic E-state index is 0.0397. The highest BCUT2D eigenvalue weighted by Gasteiger charge is 2.26. The highest BCUT2D eigenvalue weighted by molar-refractivity contribution is 4.58. The lowest BCUT2D eigenvalue weighted by molar-refractivity contribution is -0.927. The molecule has 0 aliphatic rings. The third-order valence-electron chi connectivity index (χ3n) is 3.92. The molecule has 0 heterocycles. The van der Waals surface area contributed by atoms with Crippen LogP contribution in [0.3, 0.4) is 0 Å². The molecule has 0 aromatic heterocycles. The van der Waals surface area contributed by atoms with E-state index in [1.807, 2.05) is 4.90 Å². The van der Waals surface area contributed by atoms with Gasteiger partial charge in [-0.3, -0.25) is 4.90 Å². The van der Waals surface area contributed by atoms with Crippen molar-refractivity contribution in [3.63, 3.8) is 0 Å². The van der Waals surface area contributed by atoms with Gasteiger partial charge in [0.15, 0.2) is 0 Å². The van der Waals surface area contributed by atoms with Gasteiger partial charge in [-0.1, -0.05) is 0 Å². The predicted molar refractivity (Wildman–Crippen MR) is 84.5 cm³/mol. The number of nitrogens with one attached hydrogen (secondary N) is 1. The lowest BCUT2D eigenvalue weighted by Crippen LogP contribution is -2.57. The molecule has 134 valence electrons. The van der Waals surface area contributed by atoms with Crippen molar-refractivity contribution in [3.8, 4) is 0 Å². The van der Waals surface area contributed by atoms with Gasteiger partial charge in [0.1, 0.15) is 13.1 Å². The van der Waals surface area contributed by atoms with Crippen molar-refractivity contribution in [1.82, 2.24) is 10.2 Å². The summed E-state index contributed by atoms with van der Waals surface area (Å²) in [4.78, 5) is 1.98. The van der Waals surface area contributed by atoms with Crippen molar-refractivity contribution in [3.05, 3.63) is 0 Å². The van der Waals surface area contributed by atoms with Crippen LogP contribution in [0.2, 0.25) is 0 Å². The maximum absolute atomic E-state index is 9.35. The van der Waals surface area contributed by atoms with Crippen LogP contribution < -0.4 is 5.32 Å². The van der Waals surface area contributed by atoms with Crippen molar-refractivity contribution in [2.24, 2.45) is 0 Å². The van der Waals surface area contributed by atoms with E-state index in [0.29, 0.717) is 50.3 Å². The number of aliphatic hydroxyl groups excluding tert-OH is 5. The smallest absolute Gasteiger partial charge is 0.102 e. The van der Waals surface area contributed by atoms with Crippen LogP contribution in [0.5, 0.6) is 0 Å². The first kappa shape index (κ1) is 21.7. The maximum atomic E-state index is 9.35. The molecule has 0 radical (unpaired) electrons. The molecule has 0 aliphatic heterocycles. The molecule has 8 heteroatoms. The number of hydrogen-bond acceptors (Lipinski definition) is 7. The first-order chi connectivity index (χ1) is 10.7. The van der Waals surface area contributed by atoms with Crippen LogP contribution in [-0.2, 0) is 0 Å². The molecule has 0 bridgehead atoms. The fourth-order valence-corrected chi connectivity index (χ4v) is 2.59. The molecule has 0 unspecified atom stereocenters. The summed E-state index contributed by atoms with van der Waals surface area (Å²) in [5.74, 6) is 0. The zero-order valence-electron chi connectivity index (χ0n) is 13.5. The molecule has 8 nitrogen and oxygen atoms in total. The summed E-state index contributed by atoms with van der Waals surface area (Å²) >= 11 is 0. The number of quaternary nitrogens is 1. The van der Waals surface area contributed by atoms with Crippen LogP contribution in [0, 0.1) is 0 Å². The normalized spacial score (nSPS) is 12.3. The van der Waals surface area contributed by atoms with E-state index < -0.39 is 0 Å². The Morgan fingerprint density at radius 2 is 1.18 bits per heavy atom. The van der Waals surface area contributed by atoms with Gasteiger partial charge in [-0.25, -0.2) is 0 Å². The van der Waals surface area contributed by atoms with Crippen molar-refractivity contribution >= 4 is 0 Å². The molecule has 0 aromatic carbocycles. The molecule has 6 N–H and O–H groups in total. The SMILES string of the molecule is OCCNCC[N+](CCO)(CCO)CCN(CCO)CCO. The van der Waals surface area contributed by atoms with E-state index in [9.17, 15) is 10.2 Å². The van der Waals surface area contributed by atoms with Gasteiger partial charge in [0, 0.05) is 32.7 Å². The third kappa shape index (κ3) is 9.65. The molecule has 0 rings (SSSR count). The molecule has 0 spiro atoms. The van der Waals surface area contributed by atoms with Gasteiger partial charge in [0.25, 0.3) is 0 Å². The largest absolute Gasteiger partial charge is 0.395 e. The van der Waals surface area contributed by atoms with E-state index in [1.54, 1.807) is 0 Å². The Morgan fingerprint density at radius 3 is 1.64 bits per heavy atom. The van der Waals surface area contributed by atoms with Crippen molar-refractivity contribution in [2.75, 3.05) is 91.9 Å². The highest BCUT2D eigenvalue weighted by atomic mass is 16.3. The second kappa shape index (κ2) is 14.3. The molecule has 0 aliphatic carbocycles. The second-order valence-electron chi connectivity index (χ2n) is 5.45. The molecule has 0 saturated carbocycles. The van der Waals surface area contributed by atoms with Gasteiger partial charge in [0.2, 0.25) is 0 Å². The third-order valence-corrected chi connectivity index (χ3v) is 3.92. The van der Waals surface area contributed by atoms with Gasteiger partial charge in [-0.2, -0.15) is 0 Å². The highest BCUT2D eigenvalue weighted by Crippen LogP contribution is 2.07. The molecule has 0 fully saturated rings. The number of nitrogens with zero attached hydrogens (tertiary/aromatic N) is 2. The van der Waals surface area contributed by atoms with E-state index in [1.165, 1.54) is 0 Å². The zero-order chi connectivity index (χ0) is 16.7. The van der Waals surface area contributed by atoms with Gasteiger partial charge in [0.05, 0.1) is 46.1 Å². The molecule has 0 atom stereocenters. The standard InChI is InChI=1S/C14H34N3O5/c18-10-2-15-1-6-17(8-13-21,9-14-22)7-3-16(4-11-19)5-12-20/h15,18-22H,1-14H2/q+1. The number of hydrogen-bond donors (Lipinski definition) is 6. The Labute approximate surface area is 133 Å². The maximum Gasteiger partial charge on any atom is 0.102 e. The minimum absolute atomic E-state index is 0.0397. The number of aliphatic hydroxyl groups is 5. The van der Waals surface area contributed by atoms with Gasteiger partial charge < -0.3 is 35.3 Å². The number of rotatable bonds is 16. The fraction of sp³-hybridized carbons (Fsp3) is 1.00. The van der Waals surface area contributed by atoms with Gasteiger partial charge in [-0.15, -0.1) is 0 Å². The quantitative estimate of drug-likeness (QED) is 0.130. The molecule has 0 aromatic rings. The topological polar surface area (TPSA) is 116 Å². The Balaban J connectivity index is 4.57. The Morgan fingerprint density at radius 1 is 0.591 bits per heavy atom. The van der Waals surface area contributed by atoms with Crippen LogP contribution in [0.1, 0.15) is 0 Å². The summed E-state index contributed by atoms with van der Waals surface area (Å²) in [7, 11) is 0. The molecular weight excluding hydrogens is 290 g/mol. The van der Waals surface area contributed by atoms with Crippen LogP contribution in [-0.4, -0.2) is 127 Å². The second-order valence-corrected chi connectivity index (χ2v) is 5.45. The Bertz CT molecular complexity index is 235. The van der Waals surface area contributed by atoms with E-state index in [-0.39, 0.29) is 33.0 Å². The minimum Gasteiger partial charge on any atom is -0.395 e. The lowest BCUT2D eigenvalue weighted by atomic mass is 10.3. The van der Waals surface area contributed by atoms with E-state index in [0.717, 1.165) is 13.1 Å². The summed E-state index contributed by atoms with van der Waals surface area (Å²) in [6.07, 6.45) is 0. The first-order valence-corrected chi connectivity index (χ1v) is 8.00. The fourth-order valence-electron chi connectivity index (χ4n) is 2.59. The van der Waals surface area contributed by atoms with Crippen LogP contribution in [0.4, 0.5) is 0 Å². The Kier molecular flexibility index (Phi) is 14.1. The molecule has 0 saturated heterocycles. The van der Waals surface area contributed by atoms with Gasteiger partial charge in [-0.05, 0) is 0 Å². The van der Waals surface area contributed by atoms with Crippen LogP contribution >= 0.6 is 0 Å². The van der Waals surface area contributed by atoms with Gasteiger partial charge >= 0.3 is 0 Å². The van der Waals surface area contributed by atoms with Crippen molar-refractivity contribution in [2.45, 2.75) is 0 Å². The summed E-state index contributed by atoms with van der Waals surface area (Å²) in [6, 6.07) is 0.